The van der Waals surface area contributed by atoms with E-state index in [4.69, 9.17) is 4.74 Å². The van der Waals surface area contributed by atoms with Crippen LogP contribution in [0.2, 0.25) is 0 Å². The van der Waals surface area contributed by atoms with Gasteiger partial charge in [-0.15, -0.1) is 0 Å². The minimum absolute atomic E-state index is 0.0310. The van der Waals surface area contributed by atoms with Crippen LogP contribution in [0.1, 0.15) is 20.3 Å². The summed E-state index contributed by atoms with van der Waals surface area (Å²) in [5.41, 5.74) is 0. The molecule has 0 aliphatic carbocycles. The van der Waals surface area contributed by atoms with E-state index in [0.717, 1.165) is 17.9 Å². The maximum atomic E-state index is 11.0. The molecule has 0 fully saturated rings. The number of methoxy groups -OCH3 is 1. The lowest BCUT2D eigenvalue weighted by molar-refractivity contribution is -0.125. The molecule has 0 heterocycles. The monoisotopic (exact) mass is 205 g/mol. The highest BCUT2D eigenvalue weighted by atomic mass is 32.2. The first-order valence-electron chi connectivity index (χ1n) is 4.56. The van der Waals surface area contributed by atoms with Crippen LogP contribution >= 0.6 is 11.8 Å². The number of amides is 1. The molecule has 13 heavy (non-hydrogen) atoms. The van der Waals surface area contributed by atoms with Crippen LogP contribution in [-0.2, 0) is 9.53 Å². The number of ether oxygens (including phenoxy) is 1. The Hall–Kier alpha value is -0.220. The second kappa shape index (κ2) is 8.38. The molecule has 0 spiro atoms. The van der Waals surface area contributed by atoms with E-state index in [1.807, 2.05) is 18.7 Å². The molecule has 4 heteroatoms. The van der Waals surface area contributed by atoms with E-state index in [0.29, 0.717) is 0 Å². The fourth-order valence-corrected chi connectivity index (χ4v) is 1.73. The minimum Gasteiger partial charge on any atom is -0.375 e. The van der Waals surface area contributed by atoms with Crippen LogP contribution in [0.3, 0.4) is 0 Å². The normalized spacial score (nSPS) is 12.5. The number of rotatable bonds is 7. The quantitative estimate of drug-likeness (QED) is 0.636. The summed E-state index contributed by atoms with van der Waals surface area (Å²) in [6.45, 7) is 4.31. The zero-order chi connectivity index (χ0) is 10.1. The molecule has 0 saturated heterocycles. The lowest BCUT2D eigenvalue weighted by Crippen LogP contribution is -2.35. The SMILES string of the molecule is CCSCCC(C)NC(=O)COC. The topological polar surface area (TPSA) is 38.3 Å². The predicted molar refractivity (Wildman–Crippen MR) is 57.1 cm³/mol. The van der Waals surface area contributed by atoms with Crippen molar-refractivity contribution < 1.29 is 9.53 Å². The Labute approximate surface area is 84.6 Å². The highest BCUT2D eigenvalue weighted by Crippen LogP contribution is 2.03. The Morgan fingerprint density at radius 1 is 1.62 bits per heavy atom. The molecule has 0 aromatic heterocycles. The molecule has 1 amide bonds. The standard InChI is InChI=1S/C9H19NO2S/c1-4-13-6-5-8(2)10-9(11)7-12-3/h8H,4-7H2,1-3H3,(H,10,11). The Kier molecular flexibility index (Phi) is 8.24. The van der Waals surface area contributed by atoms with Crippen LogP contribution in [0.4, 0.5) is 0 Å². The Balaban J connectivity index is 3.38. The summed E-state index contributed by atoms with van der Waals surface area (Å²) in [6, 6.07) is 0.252. The van der Waals surface area contributed by atoms with Crippen molar-refractivity contribution in [3.63, 3.8) is 0 Å². The van der Waals surface area contributed by atoms with Gasteiger partial charge in [-0.25, -0.2) is 0 Å². The fraction of sp³-hybridized carbons (Fsp3) is 0.889. The minimum atomic E-state index is -0.0310. The van der Waals surface area contributed by atoms with Crippen LogP contribution in [0.15, 0.2) is 0 Å². The number of carbonyl (C=O) groups excluding carboxylic acids is 1. The van der Waals surface area contributed by atoms with Gasteiger partial charge in [0.2, 0.25) is 5.91 Å². The van der Waals surface area contributed by atoms with Gasteiger partial charge >= 0.3 is 0 Å². The van der Waals surface area contributed by atoms with Gasteiger partial charge < -0.3 is 10.1 Å². The highest BCUT2D eigenvalue weighted by molar-refractivity contribution is 7.99. The van der Waals surface area contributed by atoms with E-state index < -0.39 is 0 Å². The summed E-state index contributed by atoms with van der Waals surface area (Å²) in [6.07, 6.45) is 1.02. The van der Waals surface area contributed by atoms with Crippen LogP contribution in [0.5, 0.6) is 0 Å². The molecule has 1 N–H and O–H groups in total. The van der Waals surface area contributed by atoms with Gasteiger partial charge in [-0.2, -0.15) is 11.8 Å². The Bertz CT molecular complexity index is 142. The second-order valence-corrected chi connectivity index (χ2v) is 4.28. The maximum absolute atomic E-state index is 11.0. The van der Waals surface area contributed by atoms with Crippen LogP contribution in [0, 0.1) is 0 Å². The molecule has 0 aromatic rings. The Morgan fingerprint density at radius 2 is 2.31 bits per heavy atom. The number of hydrogen-bond acceptors (Lipinski definition) is 3. The van der Waals surface area contributed by atoms with E-state index in [9.17, 15) is 4.79 Å². The lowest BCUT2D eigenvalue weighted by Gasteiger charge is -2.12. The molecular formula is C9H19NO2S. The summed E-state index contributed by atoms with van der Waals surface area (Å²) < 4.78 is 4.71. The zero-order valence-corrected chi connectivity index (χ0v) is 9.45. The van der Waals surface area contributed by atoms with E-state index >= 15 is 0 Å². The van der Waals surface area contributed by atoms with Gasteiger partial charge in [0.15, 0.2) is 0 Å². The van der Waals surface area contributed by atoms with Crippen LogP contribution in [-0.4, -0.2) is 37.2 Å². The summed E-state index contributed by atoms with van der Waals surface area (Å²) >= 11 is 1.89. The predicted octanol–water partition coefficient (Wildman–Crippen LogP) is 1.28. The second-order valence-electron chi connectivity index (χ2n) is 2.89. The van der Waals surface area contributed by atoms with Crippen LogP contribution in [0.25, 0.3) is 0 Å². The molecule has 0 aliphatic rings. The van der Waals surface area contributed by atoms with Crippen molar-refractivity contribution >= 4 is 17.7 Å². The molecule has 0 aromatic carbocycles. The summed E-state index contributed by atoms with van der Waals surface area (Å²) in [4.78, 5) is 11.0. The van der Waals surface area contributed by atoms with Gasteiger partial charge in [0.05, 0.1) is 0 Å². The van der Waals surface area contributed by atoms with Gasteiger partial charge in [-0.05, 0) is 24.9 Å². The summed E-state index contributed by atoms with van der Waals surface area (Å²) in [5, 5.41) is 2.86. The van der Waals surface area contributed by atoms with E-state index in [2.05, 4.69) is 12.2 Å². The third-order valence-corrected chi connectivity index (χ3v) is 2.51. The fourth-order valence-electron chi connectivity index (χ4n) is 0.924. The number of thioether (sulfide) groups is 1. The van der Waals surface area contributed by atoms with Gasteiger partial charge in [0, 0.05) is 13.2 Å². The third-order valence-electron chi connectivity index (χ3n) is 1.58. The van der Waals surface area contributed by atoms with Gasteiger partial charge in [-0.3, -0.25) is 4.79 Å². The number of nitrogens with one attached hydrogen (secondary N) is 1. The van der Waals surface area contributed by atoms with Crippen molar-refractivity contribution in [2.45, 2.75) is 26.3 Å². The Morgan fingerprint density at radius 3 is 2.85 bits per heavy atom. The van der Waals surface area contributed by atoms with Crippen molar-refractivity contribution in [2.75, 3.05) is 25.2 Å². The highest BCUT2D eigenvalue weighted by Gasteiger charge is 2.05. The average molecular weight is 205 g/mol. The molecule has 0 aliphatic heterocycles. The molecular weight excluding hydrogens is 186 g/mol. The first kappa shape index (κ1) is 12.8. The largest absolute Gasteiger partial charge is 0.375 e. The van der Waals surface area contributed by atoms with Crippen molar-refractivity contribution in [1.29, 1.82) is 0 Å². The first-order valence-corrected chi connectivity index (χ1v) is 5.72. The first-order chi connectivity index (χ1) is 6.20. The van der Waals surface area contributed by atoms with E-state index in [1.165, 1.54) is 7.11 Å². The third kappa shape index (κ3) is 8.12. The molecule has 78 valence electrons. The van der Waals surface area contributed by atoms with E-state index in [1.54, 1.807) is 0 Å². The van der Waals surface area contributed by atoms with Crippen molar-refractivity contribution in [1.82, 2.24) is 5.32 Å². The molecule has 0 saturated carbocycles. The molecule has 0 rings (SSSR count). The van der Waals surface area contributed by atoms with Crippen LogP contribution < -0.4 is 5.32 Å². The summed E-state index contributed by atoms with van der Waals surface area (Å²) in [7, 11) is 1.52. The smallest absolute Gasteiger partial charge is 0.246 e. The molecule has 0 bridgehead atoms. The summed E-state index contributed by atoms with van der Waals surface area (Å²) in [5.74, 6) is 2.21. The lowest BCUT2D eigenvalue weighted by atomic mass is 10.2. The van der Waals surface area contributed by atoms with E-state index in [-0.39, 0.29) is 18.6 Å². The number of hydrogen-bond donors (Lipinski definition) is 1. The average Bonchev–Trinajstić information content (AvgIpc) is 2.05. The molecule has 1 unspecified atom stereocenters. The van der Waals surface area contributed by atoms with Gasteiger partial charge in [0.1, 0.15) is 6.61 Å². The van der Waals surface area contributed by atoms with Gasteiger partial charge in [0.25, 0.3) is 0 Å². The van der Waals surface area contributed by atoms with Crippen molar-refractivity contribution in [3.05, 3.63) is 0 Å². The zero-order valence-electron chi connectivity index (χ0n) is 8.63. The maximum Gasteiger partial charge on any atom is 0.246 e. The van der Waals surface area contributed by atoms with Gasteiger partial charge in [-0.1, -0.05) is 6.92 Å². The molecule has 1 atom stereocenters. The van der Waals surface area contributed by atoms with Crippen molar-refractivity contribution in [2.24, 2.45) is 0 Å². The molecule has 3 nitrogen and oxygen atoms in total. The number of carbonyl (C=O) groups is 1. The van der Waals surface area contributed by atoms with Crippen molar-refractivity contribution in [3.8, 4) is 0 Å². The molecule has 0 radical (unpaired) electrons.